The maximum Gasteiger partial charge on any atom is 0.226 e. The van der Waals surface area contributed by atoms with Gasteiger partial charge in [0.05, 0.1) is 11.7 Å². The van der Waals surface area contributed by atoms with Gasteiger partial charge in [-0.15, -0.1) is 0 Å². The first kappa shape index (κ1) is 18.1. The number of fused-ring (bicyclic) bond motifs is 2. The van der Waals surface area contributed by atoms with Crippen molar-refractivity contribution in [3.05, 3.63) is 23.3 Å². The molecule has 2 aliphatic carbocycles. The Morgan fingerprint density at radius 3 is 2.54 bits per heavy atom. The van der Waals surface area contributed by atoms with Gasteiger partial charge in [0.2, 0.25) is 11.8 Å². The number of rotatable bonds is 2. The lowest BCUT2D eigenvalue weighted by Crippen LogP contribution is -2.41. The van der Waals surface area contributed by atoms with Gasteiger partial charge in [-0.1, -0.05) is 12.8 Å². The second-order valence-electron chi connectivity index (χ2n) is 9.07. The fourth-order valence-corrected chi connectivity index (χ4v) is 5.77. The first-order valence-corrected chi connectivity index (χ1v) is 11.0. The van der Waals surface area contributed by atoms with Crippen LogP contribution < -0.4 is 0 Å². The summed E-state index contributed by atoms with van der Waals surface area (Å²) in [4.78, 5) is 38.5. The van der Waals surface area contributed by atoms with Crippen molar-refractivity contribution in [2.45, 2.75) is 70.9 Å². The smallest absolute Gasteiger partial charge is 0.226 e. The first-order valence-electron chi connectivity index (χ1n) is 11.0. The molecule has 0 spiro atoms. The van der Waals surface area contributed by atoms with Crippen LogP contribution in [0, 0.1) is 17.8 Å². The molecule has 1 saturated heterocycles. The fourth-order valence-electron chi connectivity index (χ4n) is 5.77. The van der Waals surface area contributed by atoms with Crippen LogP contribution in [0.15, 0.2) is 6.20 Å². The molecule has 6 nitrogen and oxygen atoms in total. The van der Waals surface area contributed by atoms with Crippen molar-refractivity contribution in [3.8, 4) is 0 Å². The van der Waals surface area contributed by atoms with E-state index in [1.165, 1.54) is 25.7 Å². The molecule has 2 saturated carbocycles. The SMILES string of the molecule is CC(=O)N1CCc2nc([C@H]3CCCCN3C(=O)C3[C@H]4CCCC[C@@H]34)ncc2C1. The maximum atomic E-state index is 13.3. The number of carbonyl (C=O) groups is 2. The van der Waals surface area contributed by atoms with Gasteiger partial charge in [0.25, 0.3) is 0 Å². The van der Waals surface area contributed by atoms with E-state index in [9.17, 15) is 9.59 Å². The van der Waals surface area contributed by atoms with E-state index in [0.717, 1.165) is 55.9 Å². The van der Waals surface area contributed by atoms with Crippen molar-refractivity contribution in [1.82, 2.24) is 19.8 Å². The van der Waals surface area contributed by atoms with E-state index in [1.54, 1.807) is 6.92 Å². The van der Waals surface area contributed by atoms with Crippen LogP contribution in [0.5, 0.6) is 0 Å². The van der Waals surface area contributed by atoms with E-state index in [4.69, 9.17) is 4.98 Å². The summed E-state index contributed by atoms with van der Waals surface area (Å²) in [5, 5.41) is 0. The minimum Gasteiger partial charge on any atom is -0.338 e. The molecule has 3 fully saturated rings. The summed E-state index contributed by atoms with van der Waals surface area (Å²) in [6, 6.07) is 0.0278. The molecule has 1 unspecified atom stereocenters. The van der Waals surface area contributed by atoms with E-state index in [-0.39, 0.29) is 17.9 Å². The van der Waals surface area contributed by atoms with Crippen LogP contribution >= 0.6 is 0 Å². The Kier molecular flexibility index (Phi) is 4.60. The monoisotopic (exact) mass is 382 g/mol. The normalized spacial score (nSPS) is 31.8. The van der Waals surface area contributed by atoms with Crippen molar-refractivity contribution in [3.63, 3.8) is 0 Å². The molecule has 5 rings (SSSR count). The number of piperidine rings is 1. The topological polar surface area (TPSA) is 66.4 Å². The van der Waals surface area contributed by atoms with Crippen LogP contribution in [0.4, 0.5) is 0 Å². The Morgan fingerprint density at radius 1 is 1.04 bits per heavy atom. The van der Waals surface area contributed by atoms with E-state index in [0.29, 0.717) is 24.3 Å². The van der Waals surface area contributed by atoms with E-state index in [1.807, 2.05) is 11.1 Å². The summed E-state index contributed by atoms with van der Waals surface area (Å²) in [5.74, 6) is 2.84. The molecule has 0 radical (unpaired) electrons. The van der Waals surface area contributed by atoms with Crippen molar-refractivity contribution >= 4 is 11.8 Å². The zero-order valence-corrected chi connectivity index (χ0v) is 16.8. The third-order valence-corrected chi connectivity index (χ3v) is 7.42. The molecule has 4 aliphatic rings. The number of carbonyl (C=O) groups excluding carboxylic acids is 2. The number of amides is 2. The second-order valence-corrected chi connectivity index (χ2v) is 9.07. The molecule has 1 aromatic rings. The van der Waals surface area contributed by atoms with Crippen LogP contribution in [0.1, 0.15) is 75.0 Å². The summed E-state index contributed by atoms with van der Waals surface area (Å²) >= 11 is 0. The predicted octanol–water partition coefficient (Wildman–Crippen LogP) is 2.87. The van der Waals surface area contributed by atoms with Crippen LogP contribution in [-0.4, -0.2) is 44.7 Å². The first-order chi connectivity index (χ1) is 13.6. The van der Waals surface area contributed by atoms with Crippen molar-refractivity contribution in [1.29, 1.82) is 0 Å². The van der Waals surface area contributed by atoms with Crippen LogP contribution in [0.25, 0.3) is 0 Å². The minimum absolute atomic E-state index is 0.0278. The average molecular weight is 383 g/mol. The summed E-state index contributed by atoms with van der Waals surface area (Å²) < 4.78 is 0. The lowest BCUT2D eigenvalue weighted by Gasteiger charge is -2.36. The molecule has 3 heterocycles. The highest BCUT2D eigenvalue weighted by Gasteiger charge is 2.56. The van der Waals surface area contributed by atoms with Gasteiger partial charge in [-0.2, -0.15) is 0 Å². The number of nitrogens with zero attached hydrogens (tertiary/aromatic N) is 4. The highest BCUT2D eigenvalue weighted by molar-refractivity contribution is 5.83. The lowest BCUT2D eigenvalue weighted by molar-refractivity contribution is -0.137. The summed E-state index contributed by atoms with van der Waals surface area (Å²) in [6.45, 7) is 3.78. The van der Waals surface area contributed by atoms with Gasteiger partial charge in [-0.25, -0.2) is 9.97 Å². The summed E-state index contributed by atoms with van der Waals surface area (Å²) in [6.07, 6.45) is 10.9. The van der Waals surface area contributed by atoms with Gasteiger partial charge in [0, 0.05) is 50.7 Å². The number of aromatic nitrogens is 2. The van der Waals surface area contributed by atoms with Gasteiger partial charge in [-0.05, 0) is 43.9 Å². The third kappa shape index (κ3) is 3.11. The zero-order valence-electron chi connectivity index (χ0n) is 16.8. The molecule has 0 bridgehead atoms. The van der Waals surface area contributed by atoms with Gasteiger partial charge in [0.1, 0.15) is 0 Å². The van der Waals surface area contributed by atoms with Gasteiger partial charge in [-0.3, -0.25) is 9.59 Å². The van der Waals surface area contributed by atoms with Gasteiger partial charge >= 0.3 is 0 Å². The van der Waals surface area contributed by atoms with Crippen LogP contribution in [0.2, 0.25) is 0 Å². The van der Waals surface area contributed by atoms with Crippen molar-refractivity contribution in [2.24, 2.45) is 17.8 Å². The molecule has 0 N–H and O–H groups in total. The van der Waals surface area contributed by atoms with E-state index in [2.05, 4.69) is 9.88 Å². The van der Waals surface area contributed by atoms with E-state index < -0.39 is 0 Å². The zero-order chi connectivity index (χ0) is 19.3. The van der Waals surface area contributed by atoms with Crippen molar-refractivity contribution < 1.29 is 9.59 Å². The highest BCUT2D eigenvalue weighted by atomic mass is 16.2. The molecule has 4 atom stereocenters. The Hall–Kier alpha value is -1.98. The van der Waals surface area contributed by atoms with E-state index >= 15 is 0 Å². The standard InChI is InChI=1S/C22H30N4O2/c1-14(27)25-11-9-18-15(13-25)12-23-21(24-18)19-8-4-5-10-26(19)22(28)20-16-6-2-3-7-17(16)20/h12,16-17,19-20H,2-11,13H2,1H3/t16-,17+,19-,20?/m1/s1. The lowest BCUT2D eigenvalue weighted by atomic mass is 9.99. The fraction of sp³-hybridized carbons (Fsp3) is 0.727. The van der Waals surface area contributed by atoms with Gasteiger partial charge < -0.3 is 9.80 Å². The van der Waals surface area contributed by atoms with Crippen molar-refractivity contribution in [2.75, 3.05) is 13.1 Å². The molecular weight excluding hydrogens is 352 g/mol. The molecular formula is C22H30N4O2. The molecule has 6 heteroatoms. The second kappa shape index (κ2) is 7.12. The Labute approximate surface area is 166 Å². The summed E-state index contributed by atoms with van der Waals surface area (Å²) in [5.41, 5.74) is 2.10. The number of hydrogen-bond acceptors (Lipinski definition) is 4. The van der Waals surface area contributed by atoms with Gasteiger partial charge in [0.15, 0.2) is 5.82 Å². The quantitative estimate of drug-likeness (QED) is 0.789. The van der Waals surface area contributed by atoms with Crippen LogP contribution in [-0.2, 0) is 22.6 Å². The molecule has 1 aromatic heterocycles. The summed E-state index contributed by atoms with van der Waals surface area (Å²) in [7, 11) is 0. The minimum atomic E-state index is 0.0278. The molecule has 2 aliphatic heterocycles. The molecule has 0 aromatic carbocycles. The largest absolute Gasteiger partial charge is 0.338 e. The Balaban J connectivity index is 1.35. The Bertz CT molecular complexity index is 783. The highest BCUT2D eigenvalue weighted by Crippen LogP contribution is 2.56. The number of likely N-dealkylation sites (tertiary alicyclic amines) is 1. The molecule has 150 valence electrons. The predicted molar refractivity (Wildman–Crippen MR) is 104 cm³/mol. The maximum absolute atomic E-state index is 13.3. The van der Waals surface area contributed by atoms with Crippen LogP contribution in [0.3, 0.4) is 0 Å². The molecule has 2 amide bonds. The third-order valence-electron chi connectivity index (χ3n) is 7.42. The average Bonchev–Trinajstić information content (AvgIpc) is 3.47. The Morgan fingerprint density at radius 2 is 1.79 bits per heavy atom. The number of hydrogen-bond donors (Lipinski definition) is 0. The molecule has 28 heavy (non-hydrogen) atoms.